The SMILES string of the molecule is CCN(Cc1ccc2c(c1)OCO2)C(=O)COc1cccc(C)c1. The van der Waals surface area contributed by atoms with Crippen molar-refractivity contribution in [2.75, 3.05) is 19.9 Å². The van der Waals surface area contributed by atoms with Crippen molar-refractivity contribution in [2.24, 2.45) is 0 Å². The van der Waals surface area contributed by atoms with Gasteiger partial charge in [0.15, 0.2) is 18.1 Å². The second-order valence-corrected chi connectivity index (χ2v) is 5.70. The molecule has 1 amide bonds. The number of carbonyl (C=O) groups is 1. The van der Waals surface area contributed by atoms with Crippen LogP contribution in [0.5, 0.6) is 17.2 Å². The molecule has 0 fully saturated rings. The molecule has 0 spiro atoms. The first-order valence-corrected chi connectivity index (χ1v) is 8.01. The minimum Gasteiger partial charge on any atom is -0.484 e. The Labute approximate surface area is 141 Å². The maximum Gasteiger partial charge on any atom is 0.260 e. The molecule has 0 saturated carbocycles. The summed E-state index contributed by atoms with van der Waals surface area (Å²) in [5, 5.41) is 0. The average Bonchev–Trinajstić information content (AvgIpc) is 3.05. The van der Waals surface area contributed by atoms with E-state index in [0.29, 0.717) is 18.8 Å². The first-order valence-electron chi connectivity index (χ1n) is 8.01. The van der Waals surface area contributed by atoms with Crippen molar-refractivity contribution in [1.29, 1.82) is 0 Å². The van der Waals surface area contributed by atoms with Gasteiger partial charge in [0, 0.05) is 13.1 Å². The van der Waals surface area contributed by atoms with Crippen LogP contribution < -0.4 is 14.2 Å². The smallest absolute Gasteiger partial charge is 0.260 e. The van der Waals surface area contributed by atoms with Crippen LogP contribution in [0.4, 0.5) is 0 Å². The highest BCUT2D eigenvalue weighted by molar-refractivity contribution is 5.77. The zero-order valence-electron chi connectivity index (χ0n) is 14.0. The summed E-state index contributed by atoms with van der Waals surface area (Å²) >= 11 is 0. The Kier molecular flexibility index (Phi) is 4.89. The molecule has 1 aliphatic heterocycles. The first-order chi connectivity index (χ1) is 11.7. The summed E-state index contributed by atoms with van der Waals surface area (Å²) in [7, 11) is 0. The van der Waals surface area contributed by atoms with E-state index >= 15 is 0 Å². The largest absolute Gasteiger partial charge is 0.484 e. The van der Waals surface area contributed by atoms with E-state index in [9.17, 15) is 4.79 Å². The van der Waals surface area contributed by atoms with Crippen molar-refractivity contribution in [3.63, 3.8) is 0 Å². The molecule has 5 nitrogen and oxygen atoms in total. The van der Waals surface area contributed by atoms with Gasteiger partial charge in [0.1, 0.15) is 5.75 Å². The van der Waals surface area contributed by atoms with E-state index in [4.69, 9.17) is 14.2 Å². The number of rotatable bonds is 6. The van der Waals surface area contributed by atoms with Crippen LogP contribution in [0.15, 0.2) is 42.5 Å². The molecule has 126 valence electrons. The molecule has 5 heteroatoms. The fourth-order valence-corrected chi connectivity index (χ4v) is 2.58. The van der Waals surface area contributed by atoms with Gasteiger partial charge in [0.2, 0.25) is 6.79 Å². The lowest BCUT2D eigenvalue weighted by Crippen LogP contribution is -2.34. The normalized spacial score (nSPS) is 12.1. The van der Waals surface area contributed by atoms with Gasteiger partial charge in [-0.1, -0.05) is 18.2 Å². The van der Waals surface area contributed by atoms with Gasteiger partial charge in [-0.25, -0.2) is 0 Å². The van der Waals surface area contributed by atoms with Crippen LogP contribution in [-0.4, -0.2) is 30.8 Å². The van der Waals surface area contributed by atoms with Gasteiger partial charge >= 0.3 is 0 Å². The third-order valence-corrected chi connectivity index (χ3v) is 3.90. The zero-order valence-corrected chi connectivity index (χ0v) is 14.0. The van der Waals surface area contributed by atoms with E-state index in [1.54, 1.807) is 4.90 Å². The fraction of sp³-hybridized carbons (Fsp3) is 0.316. The van der Waals surface area contributed by atoms with E-state index in [0.717, 1.165) is 22.6 Å². The van der Waals surface area contributed by atoms with Crippen molar-refractivity contribution in [2.45, 2.75) is 20.4 Å². The van der Waals surface area contributed by atoms with Gasteiger partial charge < -0.3 is 19.1 Å². The summed E-state index contributed by atoms with van der Waals surface area (Å²) < 4.78 is 16.3. The maximum atomic E-state index is 12.4. The van der Waals surface area contributed by atoms with Crippen molar-refractivity contribution >= 4 is 5.91 Å². The summed E-state index contributed by atoms with van der Waals surface area (Å²) in [6, 6.07) is 13.4. The number of carbonyl (C=O) groups excluding carboxylic acids is 1. The highest BCUT2D eigenvalue weighted by Crippen LogP contribution is 2.32. The van der Waals surface area contributed by atoms with Crippen LogP contribution in [0.3, 0.4) is 0 Å². The highest BCUT2D eigenvalue weighted by atomic mass is 16.7. The van der Waals surface area contributed by atoms with E-state index < -0.39 is 0 Å². The second-order valence-electron chi connectivity index (χ2n) is 5.70. The fourth-order valence-electron chi connectivity index (χ4n) is 2.58. The Hall–Kier alpha value is -2.69. The number of aryl methyl sites for hydroxylation is 1. The number of nitrogens with zero attached hydrogens (tertiary/aromatic N) is 1. The standard InChI is InChI=1S/C19H21NO4/c1-3-20(11-15-7-8-17-18(10-15)24-13-23-17)19(21)12-22-16-6-4-5-14(2)9-16/h4-10H,3,11-13H2,1-2H3. The number of hydrogen-bond acceptors (Lipinski definition) is 4. The highest BCUT2D eigenvalue weighted by Gasteiger charge is 2.17. The first kappa shape index (κ1) is 16.2. The predicted octanol–water partition coefficient (Wildman–Crippen LogP) is 3.15. The van der Waals surface area contributed by atoms with E-state index in [1.807, 2.05) is 56.3 Å². The van der Waals surface area contributed by atoms with Gasteiger partial charge in [-0.3, -0.25) is 4.79 Å². The molecule has 1 heterocycles. The summed E-state index contributed by atoms with van der Waals surface area (Å²) in [6.45, 7) is 5.36. The lowest BCUT2D eigenvalue weighted by Gasteiger charge is -2.21. The number of benzene rings is 2. The Balaban J connectivity index is 1.60. The molecule has 0 unspecified atom stereocenters. The molecule has 0 aliphatic carbocycles. The molecule has 0 radical (unpaired) electrons. The van der Waals surface area contributed by atoms with Crippen LogP contribution in [0.2, 0.25) is 0 Å². The maximum absolute atomic E-state index is 12.4. The Morgan fingerprint density at radius 2 is 2.00 bits per heavy atom. The lowest BCUT2D eigenvalue weighted by atomic mass is 10.2. The van der Waals surface area contributed by atoms with Crippen molar-refractivity contribution in [3.05, 3.63) is 53.6 Å². The molecule has 0 bridgehead atoms. The summed E-state index contributed by atoms with van der Waals surface area (Å²) in [5.41, 5.74) is 2.11. The Bertz CT molecular complexity index is 729. The molecule has 0 N–H and O–H groups in total. The Morgan fingerprint density at radius 3 is 2.79 bits per heavy atom. The van der Waals surface area contributed by atoms with Gasteiger partial charge in [-0.15, -0.1) is 0 Å². The lowest BCUT2D eigenvalue weighted by molar-refractivity contribution is -0.133. The third-order valence-electron chi connectivity index (χ3n) is 3.90. The number of fused-ring (bicyclic) bond motifs is 1. The summed E-state index contributed by atoms with van der Waals surface area (Å²) in [5.74, 6) is 2.14. The van der Waals surface area contributed by atoms with Crippen molar-refractivity contribution in [1.82, 2.24) is 4.90 Å². The molecule has 2 aromatic carbocycles. The second kappa shape index (κ2) is 7.25. The number of hydrogen-bond donors (Lipinski definition) is 0. The quantitative estimate of drug-likeness (QED) is 0.818. The van der Waals surface area contributed by atoms with Gasteiger partial charge in [-0.2, -0.15) is 0 Å². The molecule has 0 saturated heterocycles. The molecule has 2 aromatic rings. The molecular weight excluding hydrogens is 306 g/mol. The molecule has 24 heavy (non-hydrogen) atoms. The topological polar surface area (TPSA) is 48.0 Å². The van der Waals surface area contributed by atoms with Gasteiger partial charge in [0.05, 0.1) is 0 Å². The molecule has 1 aliphatic rings. The van der Waals surface area contributed by atoms with Crippen LogP contribution >= 0.6 is 0 Å². The van der Waals surface area contributed by atoms with Crippen LogP contribution in [0.25, 0.3) is 0 Å². The average molecular weight is 327 g/mol. The van der Waals surface area contributed by atoms with E-state index in [-0.39, 0.29) is 19.3 Å². The molecule has 0 atom stereocenters. The van der Waals surface area contributed by atoms with Gasteiger partial charge in [0.25, 0.3) is 5.91 Å². The van der Waals surface area contributed by atoms with Crippen LogP contribution in [-0.2, 0) is 11.3 Å². The summed E-state index contributed by atoms with van der Waals surface area (Å²) in [4.78, 5) is 14.2. The minimum absolute atomic E-state index is 0.0296. The minimum atomic E-state index is -0.0447. The molecule has 3 rings (SSSR count). The molecular formula is C19H21NO4. The zero-order chi connectivity index (χ0) is 16.9. The van der Waals surface area contributed by atoms with E-state index in [2.05, 4.69) is 0 Å². The van der Waals surface area contributed by atoms with Crippen LogP contribution in [0.1, 0.15) is 18.1 Å². The Morgan fingerprint density at radius 1 is 1.17 bits per heavy atom. The van der Waals surface area contributed by atoms with Gasteiger partial charge in [-0.05, 0) is 49.2 Å². The summed E-state index contributed by atoms with van der Waals surface area (Å²) in [6.07, 6.45) is 0. The monoisotopic (exact) mass is 327 g/mol. The number of amides is 1. The number of likely N-dealkylation sites (N-methyl/N-ethyl adjacent to an activating group) is 1. The predicted molar refractivity (Wildman–Crippen MR) is 90.3 cm³/mol. The third kappa shape index (κ3) is 3.79. The number of ether oxygens (including phenoxy) is 3. The van der Waals surface area contributed by atoms with Crippen molar-refractivity contribution < 1.29 is 19.0 Å². The molecule has 0 aromatic heterocycles. The van der Waals surface area contributed by atoms with E-state index in [1.165, 1.54) is 0 Å². The van der Waals surface area contributed by atoms with Crippen molar-refractivity contribution in [3.8, 4) is 17.2 Å². The van der Waals surface area contributed by atoms with Crippen LogP contribution in [0, 0.1) is 6.92 Å².